The highest BCUT2D eigenvalue weighted by Crippen LogP contribution is 2.19. The molecule has 0 fully saturated rings. The topological polar surface area (TPSA) is 94.1 Å². The Morgan fingerprint density at radius 3 is 2.20 bits per heavy atom. The van der Waals surface area contributed by atoms with Gasteiger partial charge in [-0.05, 0) is 62.7 Å². The van der Waals surface area contributed by atoms with Crippen LogP contribution in [-0.4, -0.2) is 42.0 Å². The zero-order chi connectivity index (χ0) is 22.1. The van der Waals surface area contributed by atoms with Gasteiger partial charge in [0.25, 0.3) is 0 Å². The molecule has 0 heterocycles. The zero-order valence-electron chi connectivity index (χ0n) is 17.2. The summed E-state index contributed by atoms with van der Waals surface area (Å²) in [5, 5.41) is 12.6. The van der Waals surface area contributed by atoms with Crippen LogP contribution in [0.5, 0.6) is 11.5 Å². The molecular formula is C22H26ClNO6. The predicted molar refractivity (Wildman–Crippen MR) is 113 cm³/mol. The molecule has 0 aliphatic carbocycles. The number of ether oxygens (including phenoxy) is 3. The van der Waals surface area contributed by atoms with E-state index in [1.54, 1.807) is 69.3 Å². The Morgan fingerprint density at radius 2 is 1.63 bits per heavy atom. The Bertz CT molecular complexity index is 830. The third-order valence-corrected chi connectivity index (χ3v) is 4.00. The second-order valence-corrected chi connectivity index (χ2v) is 7.96. The zero-order valence-corrected chi connectivity index (χ0v) is 17.9. The number of amides is 1. The number of carbonyl (C=O) groups is 2. The first-order chi connectivity index (χ1) is 14.1. The van der Waals surface area contributed by atoms with Gasteiger partial charge in [-0.1, -0.05) is 23.7 Å². The van der Waals surface area contributed by atoms with Crippen molar-refractivity contribution in [2.45, 2.75) is 38.9 Å². The van der Waals surface area contributed by atoms with Crippen LogP contribution in [0.3, 0.4) is 0 Å². The predicted octanol–water partition coefficient (Wildman–Crippen LogP) is 4.32. The van der Waals surface area contributed by atoms with Gasteiger partial charge in [-0.2, -0.15) is 0 Å². The lowest BCUT2D eigenvalue weighted by Crippen LogP contribution is -2.34. The number of rotatable bonds is 9. The van der Waals surface area contributed by atoms with Crippen molar-refractivity contribution in [3.8, 4) is 11.5 Å². The summed E-state index contributed by atoms with van der Waals surface area (Å²) in [6.07, 6.45) is -1.34. The maximum absolute atomic E-state index is 11.6. The Balaban J connectivity index is 1.81. The number of hydrogen-bond acceptors (Lipinski definition) is 5. The summed E-state index contributed by atoms with van der Waals surface area (Å²) in [6.45, 7) is 5.95. The van der Waals surface area contributed by atoms with E-state index in [0.29, 0.717) is 23.1 Å². The number of nitrogens with one attached hydrogen (secondary N) is 1. The highest BCUT2D eigenvalue weighted by Gasteiger charge is 2.20. The number of hydrogen-bond donors (Lipinski definition) is 2. The van der Waals surface area contributed by atoms with Crippen molar-refractivity contribution in [3.63, 3.8) is 0 Å². The molecule has 1 amide bonds. The largest absolute Gasteiger partial charge is 0.492 e. The van der Waals surface area contributed by atoms with E-state index in [1.165, 1.54) is 0 Å². The summed E-state index contributed by atoms with van der Waals surface area (Å²) >= 11 is 5.83. The normalized spacial score (nSPS) is 12.0. The lowest BCUT2D eigenvalue weighted by atomic mass is 10.1. The minimum absolute atomic E-state index is 0.193. The van der Waals surface area contributed by atoms with Gasteiger partial charge >= 0.3 is 12.1 Å². The van der Waals surface area contributed by atoms with Gasteiger partial charge in [-0.3, -0.25) is 0 Å². The Kier molecular flexibility index (Phi) is 8.35. The van der Waals surface area contributed by atoms with E-state index in [0.717, 1.165) is 5.56 Å². The van der Waals surface area contributed by atoms with Gasteiger partial charge in [0.15, 0.2) is 6.10 Å². The monoisotopic (exact) mass is 435 g/mol. The van der Waals surface area contributed by atoms with E-state index >= 15 is 0 Å². The molecule has 0 aromatic heterocycles. The lowest BCUT2D eigenvalue weighted by Gasteiger charge is -2.19. The van der Waals surface area contributed by atoms with Gasteiger partial charge in [0.1, 0.15) is 23.7 Å². The Hall–Kier alpha value is -2.93. The Labute approximate surface area is 180 Å². The van der Waals surface area contributed by atoms with Crippen molar-refractivity contribution >= 4 is 23.7 Å². The third-order valence-electron chi connectivity index (χ3n) is 3.75. The molecule has 0 bridgehead atoms. The number of carboxylic acid groups (broad SMARTS) is 1. The molecule has 0 saturated carbocycles. The Morgan fingerprint density at radius 1 is 1.03 bits per heavy atom. The fourth-order valence-electron chi connectivity index (χ4n) is 2.43. The van der Waals surface area contributed by atoms with Crippen LogP contribution in [0.1, 0.15) is 26.3 Å². The summed E-state index contributed by atoms with van der Waals surface area (Å²) in [5.74, 6) is -0.0158. The molecule has 0 saturated heterocycles. The van der Waals surface area contributed by atoms with Crippen LogP contribution < -0.4 is 14.8 Å². The number of halogens is 1. The minimum atomic E-state index is -1.06. The minimum Gasteiger partial charge on any atom is -0.492 e. The molecule has 0 radical (unpaired) electrons. The summed E-state index contributed by atoms with van der Waals surface area (Å²) < 4.78 is 16.3. The molecular weight excluding hydrogens is 410 g/mol. The van der Waals surface area contributed by atoms with Crippen molar-refractivity contribution in [2.75, 3.05) is 13.2 Å². The van der Waals surface area contributed by atoms with Crippen LogP contribution in [0.2, 0.25) is 5.02 Å². The number of benzene rings is 2. The van der Waals surface area contributed by atoms with Gasteiger partial charge in [0.2, 0.25) is 0 Å². The van der Waals surface area contributed by atoms with E-state index in [2.05, 4.69) is 5.32 Å². The van der Waals surface area contributed by atoms with Crippen LogP contribution in [0.15, 0.2) is 48.5 Å². The second-order valence-electron chi connectivity index (χ2n) is 7.52. The van der Waals surface area contributed by atoms with E-state index in [-0.39, 0.29) is 13.0 Å². The van der Waals surface area contributed by atoms with E-state index in [1.807, 2.05) is 0 Å². The molecule has 2 rings (SSSR count). The number of alkyl carbamates (subject to hydrolysis) is 1. The third kappa shape index (κ3) is 8.61. The van der Waals surface area contributed by atoms with Crippen LogP contribution in [-0.2, 0) is 16.0 Å². The van der Waals surface area contributed by atoms with E-state index < -0.39 is 23.8 Å². The fourth-order valence-corrected chi connectivity index (χ4v) is 2.55. The standard InChI is InChI=1S/C22H26ClNO6/c1-22(2,3)30-21(27)24-12-13-28-17-8-4-15(5-9-17)14-19(20(25)26)29-18-10-6-16(23)7-11-18/h4-11,19H,12-14H2,1-3H3,(H,24,27)(H,25,26). The van der Waals surface area contributed by atoms with Gasteiger partial charge in [-0.15, -0.1) is 0 Å². The fraction of sp³-hybridized carbons (Fsp3) is 0.364. The van der Waals surface area contributed by atoms with Crippen molar-refractivity contribution in [2.24, 2.45) is 0 Å². The van der Waals surface area contributed by atoms with Crippen LogP contribution in [0.25, 0.3) is 0 Å². The molecule has 1 unspecified atom stereocenters. The maximum Gasteiger partial charge on any atom is 0.407 e. The highest BCUT2D eigenvalue weighted by atomic mass is 35.5. The van der Waals surface area contributed by atoms with Crippen molar-refractivity contribution < 1.29 is 28.9 Å². The number of carbonyl (C=O) groups excluding carboxylic acids is 1. The summed E-state index contributed by atoms with van der Waals surface area (Å²) in [4.78, 5) is 23.1. The molecule has 0 aliphatic heterocycles. The van der Waals surface area contributed by atoms with Crippen molar-refractivity contribution in [1.82, 2.24) is 5.32 Å². The van der Waals surface area contributed by atoms with Crippen molar-refractivity contribution in [3.05, 3.63) is 59.1 Å². The molecule has 2 aromatic carbocycles. The van der Waals surface area contributed by atoms with Gasteiger partial charge in [-0.25, -0.2) is 9.59 Å². The van der Waals surface area contributed by atoms with E-state index in [4.69, 9.17) is 25.8 Å². The van der Waals surface area contributed by atoms with Gasteiger partial charge in [0.05, 0.1) is 6.54 Å². The molecule has 1 atom stereocenters. The molecule has 8 heteroatoms. The average Bonchev–Trinajstić information content (AvgIpc) is 2.66. The highest BCUT2D eigenvalue weighted by molar-refractivity contribution is 6.30. The van der Waals surface area contributed by atoms with Crippen molar-refractivity contribution in [1.29, 1.82) is 0 Å². The molecule has 2 N–H and O–H groups in total. The van der Waals surface area contributed by atoms with Crippen LogP contribution in [0, 0.1) is 0 Å². The first kappa shape index (κ1) is 23.3. The first-order valence-corrected chi connectivity index (χ1v) is 9.84. The molecule has 162 valence electrons. The molecule has 0 aliphatic rings. The summed E-state index contributed by atoms with van der Waals surface area (Å²) in [5.41, 5.74) is 0.238. The van der Waals surface area contributed by atoms with Crippen LogP contribution >= 0.6 is 11.6 Å². The maximum atomic E-state index is 11.6. The van der Waals surface area contributed by atoms with E-state index in [9.17, 15) is 14.7 Å². The quantitative estimate of drug-likeness (QED) is 0.570. The van der Waals surface area contributed by atoms with Gasteiger partial charge in [0, 0.05) is 11.4 Å². The smallest absolute Gasteiger partial charge is 0.407 e. The molecule has 2 aromatic rings. The lowest BCUT2D eigenvalue weighted by molar-refractivity contribution is -0.145. The first-order valence-electron chi connectivity index (χ1n) is 9.46. The van der Waals surface area contributed by atoms with Gasteiger partial charge < -0.3 is 24.6 Å². The average molecular weight is 436 g/mol. The molecule has 30 heavy (non-hydrogen) atoms. The molecule has 7 nitrogen and oxygen atoms in total. The number of carboxylic acids is 1. The number of aliphatic carboxylic acids is 1. The second kappa shape index (κ2) is 10.7. The molecule has 0 spiro atoms. The SMILES string of the molecule is CC(C)(C)OC(=O)NCCOc1ccc(CC(Oc2ccc(Cl)cc2)C(=O)O)cc1. The summed E-state index contributed by atoms with van der Waals surface area (Å²) in [7, 11) is 0. The summed E-state index contributed by atoms with van der Waals surface area (Å²) in [6, 6.07) is 13.6. The van der Waals surface area contributed by atoms with Crippen LogP contribution in [0.4, 0.5) is 4.79 Å².